The van der Waals surface area contributed by atoms with E-state index in [0.29, 0.717) is 5.69 Å². The first kappa shape index (κ1) is 15.1. The lowest BCUT2D eigenvalue weighted by Crippen LogP contribution is -2.42. The van der Waals surface area contributed by atoms with Gasteiger partial charge in [-0.05, 0) is 25.5 Å². The van der Waals surface area contributed by atoms with Crippen LogP contribution in [-0.2, 0) is 9.59 Å². The van der Waals surface area contributed by atoms with Gasteiger partial charge in [0.15, 0.2) is 0 Å². The number of hydrogen-bond donors (Lipinski definition) is 1. The number of non-ortho nitro benzene ring substituents is 1. The molecule has 1 N–H and O–H groups in total. The van der Waals surface area contributed by atoms with Crippen molar-refractivity contribution in [2.24, 2.45) is 0 Å². The van der Waals surface area contributed by atoms with Gasteiger partial charge in [0.05, 0.1) is 23.1 Å². The zero-order valence-electron chi connectivity index (χ0n) is 11.9. The lowest BCUT2D eigenvalue weighted by atomic mass is 10.2. The molecule has 1 fully saturated rings. The van der Waals surface area contributed by atoms with E-state index >= 15 is 0 Å². The summed E-state index contributed by atoms with van der Waals surface area (Å²) in [6.45, 7) is 3.94. The summed E-state index contributed by atoms with van der Waals surface area (Å²) in [4.78, 5) is 35.5. The Labute approximate surface area is 122 Å². The topological polar surface area (TPSA) is 92.6 Å². The van der Waals surface area contributed by atoms with Crippen molar-refractivity contribution in [3.63, 3.8) is 0 Å². The van der Waals surface area contributed by atoms with E-state index in [0.717, 1.165) is 11.3 Å². The van der Waals surface area contributed by atoms with E-state index in [4.69, 9.17) is 0 Å². The molecule has 1 heterocycles. The standard InChI is InChI=1S/C14H17N3O4/c1-3-9(2)15-12-8-13(18)16(14(12)19)10-4-6-11(7-5-10)17(20)21/h4-7,9,12,15H,3,8H2,1-2H3. The van der Waals surface area contributed by atoms with Gasteiger partial charge in [-0.3, -0.25) is 19.7 Å². The number of nitro benzene ring substituents is 1. The van der Waals surface area contributed by atoms with Gasteiger partial charge in [0, 0.05) is 18.2 Å². The molecule has 0 spiro atoms. The molecule has 2 amide bonds. The Morgan fingerprint density at radius 2 is 2.00 bits per heavy atom. The van der Waals surface area contributed by atoms with Gasteiger partial charge >= 0.3 is 0 Å². The normalized spacial score (nSPS) is 19.9. The molecule has 1 aliphatic heterocycles. The summed E-state index contributed by atoms with van der Waals surface area (Å²) >= 11 is 0. The smallest absolute Gasteiger partial charge is 0.269 e. The van der Waals surface area contributed by atoms with Crippen molar-refractivity contribution in [2.45, 2.75) is 38.8 Å². The lowest BCUT2D eigenvalue weighted by molar-refractivity contribution is -0.384. The van der Waals surface area contributed by atoms with Crippen molar-refractivity contribution in [1.82, 2.24) is 5.32 Å². The maximum absolute atomic E-state index is 12.3. The molecule has 1 aliphatic rings. The molecule has 0 radical (unpaired) electrons. The zero-order chi connectivity index (χ0) is 15.6. The number of amides is 2. The van der Waals surface area contributed by atoms with E-state index in [1.165, 1.54) is 24.3 Å². The van der Waals surface area contributed by atoms with E-state index in [-0.39, 0.29) is 30.0 Å². The zero-order valence-corrected chi connectivity index (χ0v) is 11.9. The third-order valence-electron chi connectivity index (χ3n) is 3.56. The molecule has 7 nitrogen and oxygen atoms in total. The van der Waals surface area contributed by atoms with Crippen molar-refractivity contribution in [3.05, 3.63) is 34.4 Å². The minimum Gasteiger partial charge on any atom is -0.303 e. The molecule has 2 unspecified atom stereocenters. The number of anilines is 1. The van der Waals surface area contributed by atoms with Crippen LogP contribution in [0.15, 0.2) is 24.3 Å². The van der Waals surface area contributed by atoms with E-state index in [9.17, 15) is 19.7 Å². The van der Waals surface area contributed by atoms with Crippen LogP contribution < -0.4 is 10.2 Å². The summed E-state index contributed by atoms with van der Waals surface area (Å²) in [5.74, 6) is -0.608. The van der Waals surface area contributed by atoms with Gasteiger partial charge in [0.2, 0.25) is 5.91 Å². The monoisotopic (exact) mass is 291 g/mol. The van der Waals surface area contributed by atoms with Crippen LogP contribution in [0.5, 0.6) is 0 Å². The first-order valence-electron chi connectivity index (χ1n) is 6.81. The van der Waals surface area contributed by atoms with Gasteiger partial charge in [-0.2, -0.15) is 0 Å². The highest BCUT2D eigenvalue weighted by Gasteiger charge is 2.39. The van der Waals surface area contributed by atoms with Gasteiger partial charge in [0.1, 0.15) is 0 Å². The van der Waals surface area contributed by atoms with Crippen molar-refractivity contribution >= 4 is 23.2 Å². The summed E-state index contributed by atoms with van der Waals surface area (Å²) in [6, 6.07) is 5.02. The molecule has 112 valence electrons. The average Bonchev–Trinajstić information content (AvgIpc) is 2.73. The molecule has 2 atom stereocenters. The van der Waals surface area contributed by atoms with E-state index in [1.807, 2.05) is 13.8 Å². The second kappa shape index (κ2) is 6.01. The largest absolute Gasteiger partial charge is 0.303 e. The summed E-state index contributed by atoms with van der Waals surface area (Å²) < 4.78 is 0. The highest BCUT2D eigenvalue weighted by molar-refractivity contribution is 6.22. The number of hydrogen-bond acceptors (Lipinski definition) is 5. The Morgan fingerprint density at radius 1 is 1.38 bits per heavy atom. The van der Waals surface area contributed by atoms with Crippen LogP contribution in [0.3, 0.4) is 0 Å². The molecule has 0 aliphatic carbocycles. The molecule has 0 saturated carbocycles. The predicted octanol–water partition coefficient (Wildman–Crippen LogP) is 1.61. The van der Waals surface area contributed by atoms with Crippen LogP contribution in [0.4, 0.5) is 11.4 Å². The maximum Gasteiger partial charge on any atom is 0.269 e. The van der Waals surface area contributed by atoms with E-state index < -0.39 is 11.0 Å². The summed E-state index contributed by atoms with van der Waals surface area (Å²) in [6.07, 6.45) is 0.968. The van der Waals surface area contributed by atoms with Crippen molar-refractivity contribution in [2.75, 3.05) is 4.90 Å². The molecule has 1 aromatic carbocycles. The maximum atomic E-state index is 12.3. The van der Waals surface area contributed by atoms with Crippen molar-refractivity contribution in [3.8, 4) is 0 Å². The number of carbonyl (C=O) groups excluding carboxylic acids is 2. The number of imide groups is 1. The minimum atomic E-state index is -0.525. The quantitative estimate of drug-likeness (QED) is 0.505. The molecule has 1 saturated heterocycles. The summed E-state index contributed by atoms with van der Waals surface area (Å²) in [5, 5.41) is 13.7. The number of nitro groups is 1. The summed E-state index contributed by atoms with van der Waals surface area (Å²) in [5.41, 5.74) is 0.288. The van der Waals surface area contributed by atoms with Gasteiger partial charge < -0.3 is 5.32 Å². The molecule has 1 aromatic rings. The first-order chi connectivity index (χ1) is 9.93. The third kappa shape index (κ3) is 3.08. The number of rotatable bonds is 5. The molecule has 7 heteroatoms. The van der Waals surface area contributed by atoms with Crippen LogP contribution in [0, 0.1) is 10.1 Å². The van der Waals surface area contributed by atoms with Crippen LogP contribution in [0.2, 0.25) is 0 Å². The van der Waals surface area contributed by atoms with Crippen LogP contribution in [0.25, 0.3) is 0 Å². The predicted molar refractivity (Wildman–Crippen MR) is 76.9 cm³/mol. The molecule has 0 aromatic heterocycles. The van der Waals surface area contributed by atoms with E-state index in [1.54, 1.807) is 0 Å². The van der Waals surface area contributed by atoms with Gasteiger partial charge in [-0.1, -0.05) is 6.92 Å². The number of nitrogens with one attached hydrogen (secondary N) is 1. The highest BCUT2D eigenvalue weighted by Crippen LogP contribution is 2.25. The van der Waals surface area contributed by atoms with Crippen LogP contribution in [0.1, 0.15) is 26.7 Å². The Balaban J connectivity index is 2.18. The number of nitrogens with zero attached hydrogens (tertiary/aromatic N) is 2. The molecule has 2 rings (SSSR count). The van der Waals surface area contributed by atoms with Crippen LogP contribution in [-0.4, -0.2) is 28.8 Å². The fourth-order valence-corrected chi connectivity index (χ4v) is 2.22. The number of benzene rings is 1. The highest BCUT2D eigenvalue weighted by atomic mass is 16.6. The Bertz CT molecular complexity index is 570. The summed E-state index contributed by atoms with van der Waals surface area (Å²) in [7, 11) is 0. The van der Waals surface area contributed by atoms with Crippen LogP contribution >= 0.6 is 0 Å². The molecule has 0 bridgehead atoms. The second-order valence-corrected chi connectivity index (χ2v) is 5.07. The second-order valence-electron chi connectivity index (χ2n) is 5.07. The van der Waals surface area contributed by atoms with Gasteiger partial charge in [0.25, 0.3) is 11.6 Å². The first-order valence-corrected chi connectivity index (χ1v) is 6.81. The molecule has 21 heavy (non-hydrogen) atoms. The van der Waals surface area contributed by atoms with E-state index in [2.05, 4.69) is 5.32 Å². The fraction of sp³-hybridized carbons (Fsp3) is 0.429. The Morgan fingerprint density at radius 3 is 2.52 bits per heavy atom. The van der Waals surface area contributed by atoms with Gasteiger partial charge in [-0.15, -0.1) is 0 Å². The number of carbonyl (C=O) groups is 2. The minimum absolute atomic E-state index is 0.0767. The lowest BCUT2D eigenvalue weighted by Gasteiger charge is -2.18. The SMILES string of the molecule is CCC(C)NC1CC(=O)N(c2ccc([N+](=O)[O-])cc2)C1=O. The van der Waals surface area contributed by atoms with Crippen molar-refractivity contribution in [1.29, 1.82) is 0 Å². The molecular weight excluding hydrogens is 274 g/mol. The average molecular weight is 291 g/mol. The molecular formula is C14H17N3O4. The Kier molecular flexibility index (Phi) is 4.32. The van der Waals surface area contributed by atoms with Crippen molar-refractivity contribution < 1.29 is 14.5 Å². The van der Waals surface area contributed by atoms with Gasteiger partial charge in [-0.25, -0.2) is 4.90 Å². The fourth-order valence-electron chi connectivity index (χ4n) is 2.22. The Hall–Kier alpha value is -2.28. The third-order valence-corrected chi connectivity index (χ3v) is 3.56.